The van der Waals surface area contributed by atoms with Gasteiger partial charge in [-0.3, -0.25) is 10.2 Å². The van der Waals surface area contributed by atoms with Gasteiger partial charge in [-0.05, 0) is 42.1 Å². The summed E-state index contributed by atoms with van der Waals surface area (Å²) in [6.07, 6.45) is 1.49. The van der Waals surface area contributed by atoms with Crippen LogP contribution in [0.2, 0.25) is 0 Å². The smallest absolute Gasteiger partial charge is 0.337 e. The van der Waals surface area contributed by atoms with E-state index in [1.165, 1.54) is 30.0 Å². The van der Waals surface area contributed by atoms with E-state index in [0.717, 1.165) is 10.6 Å². The Morgan fingerprint density at radius 1 is 1.23 bits per heavy atom. The van der Waals surface area contributed by atoms with Gasteiger partial charge < -0.3 is 9.15 Å². The topological polar surface area (TPSA) is 108 Å². The van der Waals surface area contributed by atoms with E-state index in [0.29, 0.717) is 22.3 Å². The largest absolute Gasteiger partial charge is 0.465 e. The summed E-state index contributed by atoms with van der Waals surface area (Å²) in [5.74, 6) is 0.205. The Kier molecular flexibility index (Phi) is 5.13. The maximum atomic E-state index is 12.5. The van der Waals surface area contributed by atoms with E-state index in [-0.39, 0.29) is 17.3 Å². The molecule has 2 aliphatic rings. The van der Waals surface area contributed by atoms with Crippen LogP contribution in [-0.4, -0.2) is 40.0 Å². The number of methoxy groups -OCH3 is 1. The number of nitrogens with zero attached hydrogens (tertiary/aromatic N) is 3. The van der Waals surface area contributed by atoms with E-state index in [2.05, 4.69) is 10.1 Å². The zero-order valence-corrected chi connectivity index (χ0v) is 17.3. The predicted molar refractivity (Wildman–Crippen MR) is 115 cm³/mol. The number of fused-ring (bicyclic) bond motifs is 1. The second kappa shape index (κ2) is 7.75. The summed E-state index contributed by atoms with van der Waals surface area (Å²) in [5.41, 5.74) is 1.31. The van der Waals surface area contributed by atoms with Gasteiger partial charge in [0.25, 0.3) is 5.91 Å². The summed E-state index contributed by atoms with van der Waals surface area (Å²) in [4.78, 5) is 28.1. The highest BCUT2D eigenvalue weighted by Crippen LogP contribution is 2.31. The van der Waals surface area contributed by atoms with Crippen LogP contribution in [0.25, 0.3) is 17.4 Å². The number of carbonyl (C=O) groups is 2. The molecule has 0 unspecified atom stereocenters. The number of hydrogen-bond donors (Lipinski definition) is 1. The highest BCUT2D eigenvalue weighted by atomic mass is 32.2. The van der Waals surface area contributed by atoms with Crippen LogP contribution in [0.5, 0.6) is 0 Å². The molecule has 0 radical (unpaired) electrons. The number of amidine groups is 2. The monoisotopic (exact) mass is 422 g/mol. The summed E-state index contributed by atoms with van der Waals surface area (Å²) in [7, 11) is 1.33. The van der Waals surface area contributed by atoms with E-state index in [9.17, 15) is 9.59 Å². The zero-order chi connectivity index (χ0) is 21.4. The van der Waals surface area contributed by atoms with Gasteiger partial charge in [0, 0.05) is 11.5 Å². The molecule has 0 fully saturated rings. The molecule has 0 saturated carbocycles. The van der Waals surface area contributed by atoms with Crippen LogP contribution in [0.1, 0.15) is 30.0 Å². The van der Waals surface area contributed by atoms with E-state index in [4.69, 9.17) is 14.6 Å². The number of carbonyl (C=O) groups excluding carboxylic acids is 2. The number of aliphatic imine (C=N–C) groups is 1. The number of ether oxygens (including phenoxy) is 1. The lowest BCUT2D eigenvalue weighted by Crippen LogP contribution is -2.35. The molecule has 2 aliphatic heterocycles. The van der Waals surface area contributed by atoms with Crippen molar-refractivity contribution in [3.05, 3.63) is 53.3 Å². The van der Waals surface area contributed by atoms with Crippen LogP contribution in [0, 0.1) is 11.3 Å². The van der Waals surface area contributed by atoms with Gasteiger partial charge in [0.2, 0.25) is 5.17 Å². The molecule has 2 aromatic rings. The molecule has 0 saturated heterocycles. The highest BCUT2D eigenvalue weighted by molar-refractivity contribution is 8.27. The number of benzene rings is 1. The minimum atomic E-state index is -0.501. The van der Waals surface area contributed by atoms with Crippen LogP contribution >= 0.6 is 11.8 Å². The standard InChI is InChI=1S/C21H18N4O4S/c1-11(2)19-24-25-17(22)15(18(26)23-21(25)30-19)10-14-8-9-16(29-14)12-4-6-13(7-5-12)20(27)28-3/h4-11,22H,1-3H3/b15-10+,22-17?. The molecule has 0 atom stereocenters. The van der Waals surface area contributed by atoms with Gasteiger partial charge in [0.15, 0.2) is 5.84 Å². The molecule has 1 amide bonds. The summed E-state index contributed by atoms with van der Waals surface area (Å²) < 4.78 is 10.5. The molecule has 1 N–H and O–H groups in total. The fraction of sp³-hybridized carbons (Fsp3) is 0.190. The number of hydrogen-bond acceptors (Lipinski definition) is 7. The third-order valence-corrected chi connectivity index (χ3v) is 5.68. The lowest BCUT2D eigenvalue weighted by molar-refractivity contribution is -0.114. The number of hydrazone groups is 1. The van der Waals surface area contributed by atoms with Crippen molar-refractivity contribution in [2.45, 2.75) is 13.8 Å². The second-order valence-corrected chi connectivity index (χ2v) is 7.87. The van der Waals surface area contributed by atoms with Crippen molar-refractivity contribution in [2.24, 2.45) is 16.0 Å². The molecule has 0 spiro atoms. The van der Waals surface area contributed by atoms with Gasteiger partial charge in [0.05, 0.1) is 18.2 Å². The minimum Gasteiger partial charge on any atom is -0.465 e. The quantitative estimate of drug-likeness (QED) is 0.589. The lowest BCUT2D eigenvalue weighted by atomic mass is 10.1. The number of esters is 1. The van der Waals surface area contributed by atoms with Gasteiger partial charge in [-0.15, -0.1) is 0 Å². The van der Waals surface area contributed by atoms with Gasteiger partial charge >= 0.3 is 5.97 Å². The number of furan rings is 1. The third-order valence-electron chi connectivity index (χ3n) is 4.47. The molecule has 9 heteroatoms. The Hall–Kier alpha value is -3.46. The molecule has 8 nitrogen and oxygen atoms in total. The Bertz CT molecular complexity index is 1140. The van der Waals surface area contributed by atoms with Crippen molar-refractivity contribution >= 4 is 45.8 Å². The Balaban J connectivity index is 1.59. The third kappa shape index (κ3) is 3.59. The molecule has 1 aromatic heterocycles. The molecule has 30 heavy (non-hydrogen) atoms. The first-order valence-corrected chi connectivity index (χ1v) is 9.97. The average molecular weight is 422 g/mol. The molecule has 3 heterocycles. The van der Waals surface area contributed by atoms with Crippen molar-refractivity contribution in [3.8, 4) is 11.3 Å². The predicted octanol–water partition coefficient (Wildman–Crippen LogP) is 4.01. The number of amides is 1. The van der Waals surface area contributed by atoms with Crippen LogP contribution in [0.3, 0.4) is 0 Å². The SMILES string of the molecule is COC(=O)c1ccc(-c2ccc(/C=C3\C(=N)N4N=C(C(C)C)SC4=NC3=O)o2)cc1. The van der Waals surface area contributed by atoms with Crippen LogP contribution in [-0.2, 0) is 9.53 Å². The first-order chi connectivity index (χ1) is 14.4. The number of rotatable bonds is 4. The fourth-order valence-electron chi connectivity index (χ4n) is 2.86. The molecular weight excluding hydrogens is 404 g/mol. The van der Waals surface area contributed by atoms with Gasteiger partial charge in [-0.1, -0.05) is 26.0 Å². The van der Waals surface area contributed by atoms with Crippen molar-refractivity contribution < 1.29 is 18.7 Å². The highest BCUT2D eigenvalue weighted by Gasteiger charge is 2.36. The summed E-state index contributed by atoms with van der Waals surface area (Å²) in [6, 6.07) is 10.2. The zero-order valence-electron chi connectivity index (χ0n) is 16.5. The summed E-state index contributed by atoms with van der Waals surface area (Å²) in [6.45, 7) is 3.99. The van der Waals surface area contributed by atoms with Gasteiger partial charge in [0.1, 0.15) is 16.6 Å². The maximum absolute atomic E-state index is 12.5. The normalized spacial score (nSPS) is 17.3. The molecular formula is C21H18N4O4S. The Labute approximate surface area is 176 Å². The van der Waals surface area contributed by atoms with E-state index in [1.807, 2.05) is 13.8 Å². The van der Waals surface area contributed by atoms with Crippen LogP contribution < -0.4 is 0 Å². The van der Waals surface area contributed by atoms with Crippen LogP contribution in [0.4, 0.5) is 0 Å². The molecule has 1 aromatic carbocycles. The second-order valence-electron chi connectivity index (χ2n) is 6.88. The first kappa shape index (κ1) is 19.8. The summed E-state index contributed by atoms with van der Waals surface area (Å²) >= 11 is 1.31. The van der Waals surface area contributed by atoms with E-state index in [1.54, 1.807) is 36.4 Å². The van der Waals surface area contributed by atoms with Crippen molar-refractivity contribution in [3.63, 3.8) is 0 Å². The van der Waals surface area contributed by atoms with E-state index >= 15 is 0 Å². The molecule has 0 bridgehead atoms. The molecule has 0 aliphatic carbocycles. The average Bonchev–Trinajstić information content (AvgIpc) is 3.38. The lowest BCUT2D eigenvalue weighted by Gasteiger charge is -2.19. The van der Waals surface area contributed by atoms with Crippen molar-refractivity contribution in [1.29, 1.82) is 5.41 Å². The number of nitrogens with one attached hydrogen (secondary N) is 1. The maximum Gasteiger partial charge on any atom is 0.337 e. The van der Waals surface area contributed by atoms with Crippen LogP contribution in [0.15, 0.2) is 56.5 Å². The van der Waals surface area contributed by atoms with Crippen molar-refractivity contribution in [2.75, 3.05) is 7.11 Å². The summed E-state index contributed by atoms with van der Waals surface area (Å²) in [5, 5.41) is 15.4. The molecule has 4 rings (SSSR count). The molecule has 152 valence electrons. The first-order valence-electron chi connectivity index (χ1n) is 9.16. The number of thioether (sulfide) groups is 1. The Morgan fingerprint density at radius 2 is 1.97 bits per heavy atom. The Morgan fingerprint density at radius 3 is 2.63 bits per heavy atom. The van der Waals surface area contributed by atoms with E-state index < -0.39 is 11.9 Å². The van der Waals surface area contributed by atoms with Gasteiger partial charge in [-0.2, -0.15) is 15.1 Å². The van der Waals surface area contributed by atoms with Crippen molar-refractivity contribution in [1.82, 2.24) is 5.01 Å². The minimum absolute atomic E-state index is 0.0338. The van der Waals surface area contributed by atoms with Gasteiger partial charge in [-0.25, -0.2) is 4.79 Å². The fourth-order valence-corrected chi connectivity index (χ4v) is 3.75.